The number of rotatable bonds is 6. The van der Waals surface area contributed by atoms with Gasteiger partial charge in [-0.2, -0.15) is 0 Å². The second kappa shape index (κ2) is 8.31. The van der Waals surface area contributed by atoms with E-state index >= 15 is 0 Å². The molecule has 29 heavy (non-hydrogen) atoms. The van der Waals surface area contributed by atoms with Crippen LogP contribution in [-0.2, 0) is 16.0 Å². The van der Waals surface area contributed by atoms with Gasteiger partial charge in [0, 0.05) is 25.1 Å². The van der Waals surface area contributed by atoms with Gasteiger partial charge in [0.15, 0.2) is 0 Å². The molecule has 0 atom stereocenters. The number of hydrogen-bond acceptors (Lipinski definition) is 4. The Labute approximate surface area is 167 Å². The minimum absolute atomic E-state index is 0.114. The highest BCUT2D eigenvalue weighted by atomic mass is 19.1. The Kier molecular flexibility index (Phi) is 5.42. The normalized spacial score (nSPS) is 13.7. The van der Waals surface area contributed by atoms with Crippen molar-refractivity contribution in [1.82, 2.24) is 0 Å². The molecule has 0 aliphatic carbocycles. The molecule has 1 amide bonds. The topological polar surface area (TPSA) is 59.8 Å². The van der Waals surface area contributed by atoms with E-state index in [9.17, 15) is 14.0 Å². The third-order valence-corrected chi connectivity index (χ3v) is 4.83. The molecule has 1 saturated heterocycles. The molecular formula is C23H20FNO4. The number of nitrogens with zero attached hydrogens (tertiary/aromatic N) is 1. The van der Waals surface area contributed by atoms with Crippen molar-refractivity contribution in [3.05, 3.63) is 72.2 Å². The Balaban J connectivity index is 1.31. The summed E-state index contributed by atoms with van der Waals surface area (Å²) < 4.78 is 24.8. The van der Waals surface area contributed by atoms with E-state index in [1.807, 2.05) is 0 Å². The van der Waals surface area contributed by atoms with E-state index in [2.05, 4.69) is 0 Å². The van der Waals surface area contributed by atoms with Crippen LogP contribution in [0.3, 0.4) is 0 Å². The van der Waals surface area contributed by atoms with Gasteiger partial charge in [0.05, 0.1) is 12.0 Å². The third-order valence-electron chi connectivity index (χ3n) is 4.83. The SMILES string of the molecule is O=C(CCc1ccc(-c2ccccc2F)o1)Oc1ccc(N2CCCC2=O)cc1. The number of carbonyl (C=O) groups excluding carboxylic acids is 2. The van der Waals surface area contributed by atoms with E-state index in [0.717, 1.165) is 18.7 Å². The van der Waals surface area contributed by atoms with Crippen molar-refractivity contribution in [3.8, 4) is 17.1 Å². The number of anilines is 1. The molecule has 1 fully saturated rings. The number of carbonyl (C=O) groups is 2. The summed E-state index contributed by atoms with van der Waals surface area (Å²) >= 11 is 0. The molecular weight excluding hydrogens is 373 g/mol. The quantitative estimate of drug-likeness (QED) is 0.448. The van der Waals surface area contributed by atoms with E-state index in [4.69, 9.17) is 9.15 Å². The number of benzene rings is 2. The molecule has 0 bridgehead atoms. The highest BCUT2D eigenvalue weighted by Gasteiger charge is 2.21. The van der Waals surface area contributed by atoms with Gasteiger partial charge in [-0.05, 0) is 55.0 Å². The van der Waals surface area contributed by atoms with Gasteiger partial charge in [-0.1, -0.05) is 12.1 Å². The van der Waals surface area contributed by atoms with Gasteiger partial charge in [0.25, 0.3) is 0 Å². The first-order valence-electron chi connectivity index (χ1n) is 9.55. The molecule has 3 aromatic rings. The molecule has 0 unspecified atom stereocenters. The monoisotopic (exact) mass is 393 g/mol. The molecule has 1 aromatic heterocycles. The lowest BCUT2D eigenvalue weighted by Crippen LogP contribution is -2.23. The maximum atomic E-state index is 13.8. The van der Waals surface area contributed by atoms with Crippen LogP contribution >= 0.6 is 0 Å². The van der Waals surface area contributed by atoms with Gasteiger partial charge in [-0.3, -0.25) is 9.59 Å². The molecule has 2 aromatic carbocycles. The summed E-state index contributed by atoms with van der Waals surface area (Å²) in [6.07, 6.45) is 1.92. The number of esters is 1. The van der Waals surface area contributed by atoms with Crippen LogP contribution in [-0.4, -0.2) is 18.4 Å². The molecule has 0 saturated carbocycles. The Morgan fingerprint density at radius 3 is 2.59 bits per heavy atom. The Hall–Kier alpha value is -3.41. The third kappa shape index (κ3) is 4.37. The van der Waals surface area contributed by atoms with Crippen molar-refractivity contribution in [3.63, 3.8) is 0 Å². The summed E-state index contributed by atoms with van der Waals surface area (Å²) in [5.41, 5.74) is 1.20. The molecule has 2 heterocycles. The molecule has 0 N–H and O–H groups in total. The van der Waals surface area contributed by atoms with Crippen LogP contribution in [0.4, 0.5) is 10.1 Å². The Bertz CT molecular complexity index is 1030. The zero-order valence-electron chi connectivity index (χ0n) is 15.8. The average molecular weight is 393 g/mol. The molecule has 1 aliphatic heterocycles. The minimum Gasteiger partial charge on any atom is -0.461 e. The Morgan fingerprint density at radius 2 is 1.86 bits per heavy atom. The van der Waals surface area contributed by atoms with E-state index in [-0.39, 0.29) is 24.1 Å². The molecule has 6 heteroatoms. The highest BCUT2D eigenvalue weighted by molar-refractivity contribution is 5.95. The maximum Gasteiger partial charge on any atom is 0.311 e. The van der Waals surface area contributed by atoms with Crippen molar-refractivity contribution in [1.29, 1.82) is 0 Å². The van der Waals surface area contributed by atoms with Crippen LogP contribution in [0.1, 0.15) is 25.0 Å². The lowest BCUT2D eigenvalue weighted by molar-refractivity contribution is -0.134. The number of halogens is 1. The highest BCUT2D eigenvalue weighted by Crippen LogP contribution is 2.26. The fourth-order valence-corrected chi connectivity index (χ4v) is 3.34. The average Bonchev–Trinajstić information content (AvgIpc) is 3.36. The fourth-order valence-electron chi connectivity index (χ4n) is 3.34. The van der Waals surface area contributed by atoms with Crippen molar-refractivity contribution >= 4 is 17.6 Å². The molecule has 0 radical (unpaired) electrons. The maximum absolute atomic E-state index is 13.8. The lowest BCUT2D eigenvalue weighted by Gasteiger charge is -2.15. The van der Waals surface area contributed by atoms with Crippen molar-refractivity contribution in [2.75, 3.05) is 11.4 Å². The van der Waals surface area contributed by atoms with Crippen LogP contribution in [0, 0.1) is 5.82 Å². The van der Waals surface area contributed by atoms with Gasteiger partial charge in [-0.25, -0.2) is 4.39 Å². The molecule has 5 nitrogen and oxygen atoms in total. The summed E-state index contributed by atoms with van der Waals surface area (Å²) in [5, 5.41) is 0. The minimum atomic E-state index is -0.390. The van der Waals surface area contributed by atoms with E-state index < -0.39 is 0 Å². The zero-order chi connectivity index (χ0) is 20.2. The van der Waals surface area contributed by atoms with E-state index in [1.54, 1.807) is 59.5 Å². The van der Waals surface area contributed by atoms with Crippen LogP contribution < -0.4 is 9.64 Å². The number of hydrogen-bond donors (Lipinski definition) is 0. The first kappa shape index (κ1) is 18.9. The molecule has 0 spiro atoms. The largest absolute Gasteiger partial charge is 0.461 e. The van der Waals surface area contributed by atoms with Gasteiger partial charge in [-0.15, -0.1) is 0 Å². The van der Waals surface area contributed by atoms with E-state index in [0.29, 0.717) is 35.7 Å². The van der Waals surface area contributed by atoms with Crippen LogP contribution in [0.15, 0.2) is 65.1 Å². The smallest absolute Gasteiger partial charge is 0.311 e. The fraction of sp³-hybridized carbons (Fsp3) is 0.217. The summed E-state index contributed by atoms with van der Waals surface area (Å²) in [6.45, 7) is 0.718. The number of aryl methyl sites for hydroxylation is 1. The molecule has 1 aliphatic rings. The van der Waals surface area contributed by atoms with Crippen molar-refractivity contribution < 1.29 is 23.1 Å². The predicted octanol–water partition coefficient (Wildman–Crippen LogP) is 4.75. The summed E-state index contributed by atoms with van der Waals surface area (Å²) in [6, 6.07) is 16.7. The van der Waals surface area contributed by atoms with E-state index in [1.165, 1.54) is 6.07 Å². The Morgan fingerprint density at radius 1 is 1.07 bits per heavy atom. The number of ether oxygens (including phenoxy) is 1. The standard InChI is InChI=1S/C23H20FNO4/c24-20-5-2-1-4-19(20)21-13-11-17(28-21)12-14-23(27)29-18-9-7-16(8-10-18)25-15-3-6-22(25)26/h1-2,4-5,7-11,13H,3,6,12,14-15H2. The summed E-state index contributed by atoms with van der Waals surface area (Å²) in [4.78, 5) is 25.6. The predicted molar refractivity (Wildman–Crippen MR) is 106 cm³/mol. The molecule has 148 valence electrons. The zero-order valence-corrected chi connectivity index (χ0v) is 15.8. The van der Waals surface area contributed by atoms with Crippen molar-refractivity contribution in [2.24, 2.45) is 0 Å². The van der Waals surface area contributed by atoms with Gasteiger partial charge in [0.1, 0.15) is 23.1 Å². The molecule has 4 rings (SSSR count). The van der Waals surface area contributed by atoms with Crippen LogP contribution in [0.5, 0.6) is 5.75 Å². The lowest BCUT2D eigenvalue weighted by atomic mass is 10.1. The van der Waals surface area contributed by atoms with Gasteiger partial charge in [0.2, 0.25) is 5.91 Å². The first-order chi connectivity index (χ1) is 14.1. The van der Waals surface area contributed by atoms with Crippen molar-refractivity contribution in [2.45, 2.75) is 25.7 Å². The van der Waals surface area contributed by atoms with Gasteiger partial charge < -0.3 is 14.1 Å². The number of furan rings is 1. The second-order valence-electron chi connectivity index (χ2n) is 6.86. The van der Waals surface area contributed by atoms with Crippen LogP contribution in [0.2, 0.25) is 0 Å². The summed E-state index contributed by atoms with van der Waals surface area (Å²) in [5.74, 6) is 0.812. The second-order valence-corrected chi connectivity index (χ2v) is 6.86. The van der Waals surface area contributed by atoms with Gasteiger partial charge >= 0.3 is 5.97 Å². The van der Waals surface area contributed by atoms with Crippen LogP contribution in [0.25, 0.3) is 11.3 Å². The summed E-state index contributed by atoms with van der Waals surface area (Å²) in [7, 11) is 0. The first-order valence-corrected chi connectivity index (χ1v) is 9.55. The number of amides is 1.